The minimum Gasteiger partial charge on any atom is -0.497 e. The second-order valence-electron chi connectivity index (χ2n) is 7.91. The van der Waals surface area contributed by atoms with Gasteiger partial charge in [-0.05, 0) is 54.1 Å². The van der Waals surface area contributed by atoms with Gasteiger partial charge in [-0.2, -0.15) is 0 Å². The summed E-state index contributed by atoms with van der Waals surface area (Å²) >= 11 is 1.36. The highest BCUT2D eigenvalue weighted by Gasteiger charge is 2.23. The molecule has 0 aliphatic carbocycles. The first-order valence-corrected chi connectivity index (χ1v) is 13.7. The SMILES string of the molecule is COc1ccc(NC(=O)C(Sc2ccc(NS(=O)(=O)c3ccccc3)cc2)c2ccccc2)c(OC)c1. The third-order valence-corrected chi connectivity index (χ3v) is 8.08. The zero-order chi connectivity index (χ0) is 26.3. The average molecular weight is 535 g/mol. The first-order valence-electron chi connectivity index (χ1n) is 11.3. The summed E-state index contributed by atoms with van der Waals surface area (Å²) in [5.41, 5.74) is 1.78. The molecular formula is C28H26N2O5S2. The van der Waals surface area contributed by atoms with Gasteiger partial charge in [-0.1, -0.05) is 48.5 Å². The Hall–Kier alpha value is -3.95. The number of methoxy groups -OCH3 is 2. The molecule has 4 rings (SSSR count). The van der Waals surface area contributed by atoms with Crippen molar-refractivity contribution in [3.8, 4) is 11.5 Å². The lowest BCUT2D eigenvalue weighted by atomic mass is 10.1. The van der Waals surface area contributed by atoms with E-state index in [1.165, 1.54) is 31.0 Å². The number of carbonyl (C=O) groups excluding carboxylic acids is 1. The minimum absolute atomic E-state index is 0.184. The largest absolute Gasteiger partial charge is 0.497 e. The van der Waals surface area contributed by atoms with Gasteiger partial charge in [0.1, 0.15) is 16.7 Å². The molecule has 0 saturated carbocycles. The standard InChI is InChI=1S/C28H26N2O5S2/c1-34-22-15-18-25(26(19-22)35-2)29-28(31)27(20-9-5-3-6-10-20)36-23-16-13-21(14-17-23)30-37(32,33)24-11-7-4-8-12-24/h3-19,27,30H,1-2H3,(H,29,31). The van der Waals surface area contributed by atoms with E-state index in [9.17, 15) is 13.2 Å². The molecule has 190 valence electrons. The molecule has 9 heteroatoms. The van der Waals surface area contributed by atoms with E-state index in [2.05, 4.69) is 10.0 Å². The lowest BCUT2D eigenvalue weighted by Crippen LogP contribution is -2.19. The van der Waals surface area contributed by atoms with Gasteiger partial charge in [-0.3, -0.25) is 9.52 Å². The molecule has 1 unspecified atom stereocenters. The highest BCUT2D eigenvalue weighted by Crippen LogP contribution is 2.38. The molecule has 0 aromatic heterocycles. The van der Waals surface area contributed by atoms with Crippen LogP contribution in [0.4, 0.5) is 11.4 Å². The Morgan fingerprint density at radius 3 is 2.08 bits per heavy atom. The van der Waals surface area contributed by atoms with E-state index < -0.39 is 15.3 Å². The number of benzene rings is 4. The fraction of sp³-hybridized carbons (Fsp3) is 0.107. The molecule has 0 aliphatic heterocycles. The summed E-state index contributed by atoms with van der Waals surface area (Å²) in [4.78, 5) is 14.4. The van der Waals surface area contributed by atoms with E-state index in [0.29, 0.717) is 22.9 Å². The number of carbonyl (C=O) groups is 1. The third-order valence-electron chi connectivity index (χ3n) is 5.42. The van der Waals surface area contributed by atoms with Crippen LogP contribution < -0.4 is 19.5 Å². The van der Waals surface area contributed by atoms with E-state index in [1.807, 2.05) is 30.3 Å². The molecule has 0 fully saturated rings. The number of rotatable bonds is 10. The van der Waals surface area contributed by atoms with Crippen molar-refractivity contribution >= 4 is 39.1 Å². The Morgan fingerprint density at radius 2 is 1.46 bits per heavy atom. The molecule has 37 heavy (non-hydrogen) atoms. The number of thioether (sulfide) groups is 1. The molecule has 0 bridgehead atoms. The van der Waals surface area contributed by atoms with Crippen LogP contribution in [0, 0.1) is 0 Å². The highest BCUT2D eigenvalue weighted by atomic mass is 32.2. The molecule has 4 aromatic carbocycles. The molecule has 7 nitrogen and oxygen atoms in total. The maximum absolute atomic E-state index is 13.4. The predicted octanol–water partition coefficient (Wildman–Crippen LogP) is 5.98. The van der Waals surface area contributed by atoms with Crippen molar-refractivity contribution in [3.05, 3.63) is 109 Å². The van der Waals surface area contributed by atoms with Crippen LogP contribution in [0.15, 0.2) is 113 Å². The van der Waals surface area contributed by atoms with Crippen molar-refractivity contribution < 1.29 is 22.7 Å². The Bertz CT molecular complexity index is 1450. The Kier molecular flexibility index (Phi) is 8.37. The van der Waals surface area contributed by atoms with E-state index in [1.54, 1.807) is 67.8 Å². The molecule has 0 radical (unpaired) electrons. The zero-order valence-electron chi connectivity index (χ0n) is 20.3. The molecule has 1 atom stereocenters. The smallest absolute Gasteiger partial charge is 0.261 e. The Labute approximate surface area is 220 Å². The lowest BCUT2D eigenvalue weighted by Gasteiger charge is -2.19. The second-order valence-corrected chi connectivity index (χ2v) is 10.8. The molecule has 0 aliphatic rings. The van der Waals surface area contributed by atoms with Crippen LogP contribution in [-0.2, 0) is 14.8 Å². The fourth-order valence-corrected chi connectivity index (χ4v) is 5.66. The summed E-state index contributed by atoms with van der Waals surface area (Å²) in [5.74, 6) is 0.875. The number of ether oxygens (including phenoxy) is 2. The molecular weight excluding hydrogens is 508 g/mol. The van der Waals surface area contributed by atoms with Crippen LogP contribution in [0.3, 0.4) is 0 Å². The van der Waals surface area contributed by atoms with Gasteiger partial charge in [0.25, 0.3) is 10.0 Å². The third kappa shape index (κ3) is 6.63. The summed E-state index contributed by atoms with van der Waals surface area (Å²) < 4.78 is 38.5. The van der Waals surface area contributed by atoms with Crippen LogP contribution in [0.25, 0.3) is 0 Å². The van der Waals surface area contributed by atoms with Gasteiger partial charge < -0.3 is 14.8 Å². The Balaban J connectivity index is 1.53. The fourth-order valence-electron chi connectivity index (χ4n) is 3.55. The number of amides is 1. The number of anilines is 2. The van der Waals surface area contributed by atoms with Crippen molar-refractivity contribution in [1.82, 2.24) is 0 Å². The number of hydrogen-bond donors (Lipinski definition) is 2. The molecule has 0 spiro atoms. The molecule has 0 heterocycles. The van der Waals surface area contributed by atoms with E-state index in [4.69, 9.17) is 9.47 Å². The molecule has 2 N–H and O–H groups in total. The molecule has 4 aromatic rings. The topological polar surface area (TPSA) is 93.7 Å². The van der Waals surface area contributed by atoms with Gasteiger partial charge in [0.05, 0.1) is 24.8 Å². The molecule has 1 amide bonds. The normalized spacial score (nSPS) is 11.8. The van der Waals surface area contributed by atoms with Gasteiger partial charge in [-0.25, -0.2) is 8.42 Å². The number of hydrogen-bond acceptors (Lipinski definition) is 6. The predicted molar refractivity (Wildman–Crippen MR) is 147 cm³/mol. The average Bonchev–Trinajstić information content (AvgIpc) is 2.93. The summed E-state index contributed by atoms with van der Waals surface area (Å²) in [5, 5.41) is 2.39. The van der Waals surface area contributed by atoms with Crippen molar-refractivity contribution in [3.63, 3.8) is 0 Å². The quantitative estimate of drug-likeness (QED) is 0.243. The lowest BCUT2D eigenvalue weighted by molar-refractivity contribution is -0.115. The van der Waals surface area contributed by atoms with E-state index in [-0.39, 0.29) is 10.8 Å². The van der Waals surface area contributed by atoms with Gasteiger partial charge in [0.15, 0.2) is 0 Å². The van der Waals surface area contributed by atoms with Gasteiger partial charge in [0, 0.05) is 16.6 Å². The highest BCUT2D eigenvalue weighted by molar-refractivity contribution is 8.00. The van der Waals surface area contributed by atoms with Gasteiger partial charge in [-0.15, -0.1) is 11.8 Å². The van der Waals surface area contributed by atoms with E-state index >= 15 is 0 Å². The maximum Gasteiger partial charge on any atom is 0.261 e. The zero-order valence-corrected chi connectivity index (χ0v) is 21.9. The Morgan fingerprint density at radius 1 is 0.811 bits per heavy atom. The van der Waals surface area contributed by atoms with Crippen LogP contribution in [0.2, 0.25) is 0 Å². The first kappa shape index (κ1) is 26.1. The number of sulfonamides is 1. The van der Waals surface area contributed by atoms with Crippen LogP contribution >= 0.6 is 11.8 Å². The minimum atomic E-state index is -3.69. The second kappa shape index (κ2) is 11.9. The summed E-state index contributed by atoms with van der Waals surface area (Å²) in [6.07, 6.45) is 0. The van der Waals surface area contributed by atoms with Crippen molar-refractivity contribution in [2.24, 2.45) is 0 Å². The van der Waals surface area contributed by atoms with E-state index in [0.717, 1.165) is 10.5 Å². The molecule has 0 saturated heterocycles. The van der Waals surface area contributed by atoms with Crippen LogP contribution in [0.5, 0.6) is 11.5 Å². The van der Waals surface area contributed by atoms with Gasteiger partial charge in [0.2, 0.25) is 5.91 Å². The monoisotopic (exact) mass is 534 g/mol. The summed E-state index contributed by atoms with van der Waals surface area (Å²) in [6, 6.07) is 29.7. The van der Waals surface area contributed by atoms with Crippen molar-refractivity contribution in [1.29, 1.82) is 0 Å². The van der Waals surface area contributed by atoms with Crippen LogP contribution in [-0.4, -0.2) is 28.5 Å². The number of nitrogens with one attached hydrogen (secondary N) is 2. The first-order chi connectivity index (χ1) is 17.9. The van der Waals surface area contributed by atoms with Gasteiger partial charge >= 0.3 is 0 Å². The van der Waals surface area contributed by atoms with Crippen molar-refractivity contribution in [2.75, 3.05) is 24.3 Å². The van der Waals surface area contributed by atoms with Crippen LogP contribution in [0.1, 0.15) is 10.8 Å². The summed E-state index contributed by atoms with van der Waals surface area (Å²) in [6.45, 7) is 0. The van der Waals surface area contributed by atoms with Crippen molar-refractivity contribution in [2.45, 2.75) is 15.0 Å². The summed E-state index contributed by atoms with van der Waals surface area (Å²) in [7, 11) is -0.602. The maximum atomic E-state index is 13.4.